The average Bonchev–Trinajstić information content (AvgIpc) is 2.45. The molecule has 0 radical (unpaired) electrons. The molecule has 0 saturated carbocycles. The molecule has 106 valence electrons. The maximum atomic E-state index is 6.37. The van der Waals surface area contributed by atoms with Gasteiger partial charge in [-0.3, -0.25) is 0 Å². The van der Waals surface area contributed by atoms with Crippen LogP contribution in [0.5, 0.6) is 0 Å². The number of ether oxygens (including phenoxy) is 1. The van der Waals surface area contributed by atoms with Gasteiger partial charge in [-0.25, -0.2) is 0 Å². The molecule has 0 aromatic heterocycles. The van der Waals surface area contributed by atoms with E-state index < -0.39 is 0 Å². The van der Waals surface area contributed by atoms with Crippen LogP contribution in [0.1, 0.15) is 37.8 Å². The lowest BCUT2D eigenvalue weighted by Crippen LogP contribution is -2.34. The molecule has 0 aliphatic carbocycles. The van der Waals surface area contributed by atoms with E-state index in [1.807, 2.05) is 12.1 Å². The molecule has 1 aliphatic rings. The van der Waals surface area contributed by atoms with Crippen LogP contribution < -0.4 is 5.32 Å². The van der Waals surface area contributed by atoms with Gasteiger partial charge in [0.1, 0.15) is 0 Å². The molecule has 1 N–H and O–H groups in total. The van der Waals surface area contributed by atoms with E-state index in [4.69, 9.17) is 27.9 Å². The molecule has 1 heterocycles. The lowest BCUT2D eigenvalue weighted by Gasteiger charge is -2.32. The molecule has 2 atom stereocenters. The smallest absolute Gasteiger partial charge is 0.0640 e. The Labute approximate surface area is 125 Å². The minimum absolute atomic E-state index is 0.228. The fourth-order valence-corrected chi connectivity index (χ4v) is 3.04. The van der Waals surface area contributed by atoms with Crippen molar-refractivity contribution in [2.45, 2.75) is 32.2 Å². The molecule has 1 saturated heterocycles. The molecular formula is C15H21Cl2NO. The first kappa shape index (κ1) is 15.1. The molecule has 4 heteroatoms. The average molecular weight is 302 g/mol. The molecule has 2 nitrogen and oxygen atoms in total. The topological polar surface area (TPSA) is 21.3 Å². The van der Waals surface area contributed by atoms with E-state index >= 15 is 0 Å². The van der Waals surface area contributed by atoms with Gasteiger partial charge >= 0.3 is 0 Å². The molecule has 1 aliphatic heterocycles. The fraction of sp³-hybridized carbons (Fsp3) is 0.600. The summed E-state index contributed by atoms with van der Waals surface area (Å²) in [6, 6.07) is 6.09. The van der Waals surface area contributed by atoms with Crippen molar-refractivity contribution >= 4 is 23.2 Å². The summed E-state index contributed by atoms with van der Waals surface area (Å²) in [4.78, 5) is 0. The number of halogens is 2. The van der Waals surface area contributed by atoms with Crippen LogP contribution in [0, 0.1) is 5.92 Å². The molecule has 1 aromatic carbocycles. The van der Waals surface area contributed by atoms with Gasteiger partial charge in [-0.05, 0) is 37.4 Å². The first-order valence-corrected chi connectivity index (χ1v) is 7.74. The Kier molecular flexibility index (Phi) is 5.96. The molecular weight excluding hydrogens is 281 g/mol. The lowest BCUT2D eigenvalue weighted by molar-refractivity contribution is 0.0390. The Balaban J connectivity index is 2.22. The second-order valence-corrected chi connectivity index (χ2v) is 5.84. The Hall–Kier alpha value is -0.280. The van der Waals surface area contributed by atoms with Gasteiger partial charge in [0.15, 0.2) is 0 Å². The Morgan fingerprint density at radius 3 is 2.95 bits per heavy atom. The number of hydrogen-bond acceptors (Lipinski definition) is 2. The first-order chi connectivity index (χ1) is 9.24. The number of hydrogen-bond donors (Lipinski definition) is 1. The highest BCUT2D eigenvalue weighted by Crippen LogP contribution is 2.36. The zero-order valence-electron chi connectivity index (χ0n) is 11.3. The van der Waals surface area contributed by atoms with Crippen molar-refractivity contribution in [1.82, 2.24) is 5.32 Å². The van der Waals surface area contributed by atoms with Gasteiger partial charge < -0.3 is 10.1 Å². The van der Waals surface area contributed by atoms with Gasteiger partial charge in [0.05, 0.1) is 16.7 Å². The van der Waals surface area contributed by atoms with Crippen LogP contribution in [-0.4, -0.2) is 19.8 Å². The van der Waals surface area contributed by atoms with E-state index in [2.05, 4.69) is 18.3 Å². The van der Waals surface area contributed by atoms with Crippen LogP contribution in [0.3, 0.4) is 0 Å². The standard InChI is InChI=1S/C15H21Cl2NO/c1-2-8-18-15(11-5-4-9-19-10-11)12-6-3-7-13(16)14(12)17/h3,6-7,11,15,18H,2,4-5,8-10H2,1H3. The summed E-state index contributed by atoms with van der Waals surface area (Å²) in [5.74, 6) is 0.469. The molecule has 0 spiro atoms. The lowest BCUT2D eigenvalue weighted by atomic mass is 9.88. The van der Waals surface area contributed by atoms with Gasteiger partial charge in [0.25, 0.3) is 0 Å². The molecule has 19 heavy (non-hydrogen) atoms. The second-order valence-electron chi connectivity index (χ2n) is 5.05. The van der Waals surface area contributed by atoms with E-state index in [9.17, 15) is 0 Å². The normalized spacial score (nSPS) is 21.3. The highest BCUT2D eigenvalue weighted by molar-refractivity contribution is 6.42. The molecule has 2 rings (SSSR count). The minimum Gasteiger partial charge on any atom is -0.381 e. The quantitative estimate of drug-likeness (QED) is 0.867. The Bertz CT molecular complexity index is 405. The predicted octanol–water partition coefficient (Wildman–Crippen LogP) is 4.46. The molecule has 1 fully saturated rings. The van der Waals surface area contributed by atoms with E-state index in [1.165, 1.54) is 6.42 Å². The van der Waals surface area contributed by atoms with Crippen molar-refractivity contribution in [3.05, 3.63) is 33.8 Å². The summed E-state index contributed by atoms with van der Waals surface area (Å²) in [7, 11) is 0. The van der Waals surface area contributed by atoms with Gasteiger partial charge in [-0.15, -0.1) is 0 Å². The number of rotatable bonds is 5. The van der Waals surface area contributed by atoms with Crippen LogP contribution in [0.25, 0.3) is 0 Å². The van der Waals surface area contributed by atoms with Crippen molar-refractivity contribution < 1.29 is 4.74 Å². The van der Waals surface area contributed by atoms with Gasteiger partial charge in [0, 0.05) is 18.6 Å². The number of benzene rings is 1. The van der Waals surface area contributed by atoms with Crippen LogP contribution in [0.2, 0.25) is 10.0 Å². The van der Waals surface area contributed by atoms with Crippen LogP contribution in [0.15, 0.2) is 18.2 Å². The molecule has 0 bridgehead atoms. The largest absolute Gasteiger partial charge is 0.381 e. The molecule has 1 aromatic rings. The summed E-state index contributed by atoms with van der Waals surface area (Å²) in [5, 5.41) is 4.89. The minimum atomic E-state index is 0.228. The third-order valence-electron chi connectivity index (χ3n) is 3.60. The van der Waals surface area contributed by atoms with Crippen LogP contribution in [-0.2, 0) is 4.74 Å². The predicted molar refractivity (Wildman–Crippen MR) is 81.0 cm³/mol. The summed E-state index contributed by atoms with van der Waals surface area (Å²) in [6.45, 7) is 4.81. The van der Waals surface area contributed by atoms with Crippen molar-refractivity contribution in [2.24, 2.45) is 5.92 Å². The summed E-state index contributed by atoms with van der Waals surface area (Å²) < 4.78 is 5.62. The van der Waals surface area contributed by atoms with Crippen molar-refractivity contribution in [1.29, 1.82) is 0 Å². The summed E-state index contributed by atoms with van der Waals surface area (Å²) in [5.41, 5.74) is 1.10. The third-order valence-corrected chi connectivity index (χ3v) is 4.43. The van der Waals surface area contributed by atoms with E-state index in [0.717, 1.165) is 38.2 Å². The third kappa shape index (κ3) is 3.85. The zero-order valence-corrected chi connectivity index (χ0v) is 12.8. The summed E-state index contributed by atoms with van der Waals surface area (Å²) in [6.07, 6.45) is 3.39. The van der Waals surface area contributed by atoms with E-state index in [-0.39, 0.29) is 6.04 Å². The number of nitrogens with one attached hydrogen (secondary N) is 1. The van der Waals surface area contributed by atoms with Gasteiger partial charge in [0.2, 0.25) is 0 Å². The monoisotopic (exact) mass is 301 g/mol. The first-order valence-electron chi connectivity index (χ1n) is 6.99. The maximum absolute atomic E-state index is 6.37. The molecule has 2 unspecified atom stereocenters. The van der Waals surface area contributed by atoms with Crippen LogP contribution in [0.4, 0.5) is 0 Å². The van der Waals surface area contributed by atoms with Crippen LogP contribution >= 0.6 is 23.2 Å². The highest BCUT2D eigenvalue weighted by Gasteiger charge is 2.27. The van der Waals surface area contributed by atoms with Crippen molar-refractivity contribution in [3.8, 4) is 0 Å². The zero-order chi connectivity index (χ0) is 13.7. The summed E-state index contributed by atoms with van der Waals surface area (Å²) >= 11 is 12.5. The second kappa shape index (κ2) is 7.49. The highest BCUT2D eigenvalue weighted by atomic mass is 35.5. The van der Waals surface area contributed by atoms with E-state index in [1.54, 1.807) is 0 Å². The molecule has 0 amide bonds. The fourth-order valence-electron chi connectivity index (χ4n) is 2.62. The van der Waals surface area contributed by atoms with Gasteiger partial charge in [-0.2, -0.15) is 0 Å². The maximum Gasteiger partial charge on any atom is 0.0640 e. The van der Waals surface area contributed by atoms with Crippen molar-refractivity contribution in [2.75, 3.05) is 19.8 Å². The van der Waals surface area contributed by atoms with E-state index in [0.29, 0.717) is 16.0 Å². The SMILES string of the molecule is CCCNC(c1cccc(Cl)c1Cl)C1CCCOC1. The Morgan fingerprint density at radius 2 is 2.26 bits per heavy atom. The van der Waals surface area contributed by atoms with Gasteiger partial charge in [-0.1, -0.05) is 42.3 Å². The van der Waals surface area contributed by atoms with Crippen molar-refractivity contribution in [3.63, 3.8) is 0 Å². The Morgan fingerprint density at radius 1 is 1.42 bits per heavy atom.